The number of aryl methyl sites for hydroxylation is 3. The number of benzene rings is 1. The van der Waals surface area contributed by atoms with E-state index < -0.39 is 0 Å². The minimum absolute atomic E-state index is 0.747. The summed E-state index contributed by atoms with van der Waals surface area (Å²) in [6, 6.07) is 5.81. The fourth-order valence-corrected chi connectivity index (χ4v) is 5.05. The molecule has 7 heteroatoms. The predicted octanol–water partition coefficient (Wildman–Crippen LogP) is 4.60. The molecule has 0 N–H and O–H groups in total. The highest BCUT2D eigenvalue weighted by atomic mass is 35.5. The Morgan fingerprint density at radius 1 is 1.11 bits per heavy atom. The van der Waals surface area contributed by atoms with E-state index >= 15 is 0 Å². The summed E-state index contributed by atoms with van der Waals surface area (Å²) in [4.78, 5) is 16.7. The number of nitrogens with zero attached hydrogens (tertiary/aromatic N) is 4. The molecule has 1 saturated heterocycles. The van der Waals surface area contributed by atoms with E-state index in [4.69, 9.17) is 21.3 Å². The van der Waals surface area contributed by atoms with Gasteiger partial charge in [0, 0.05) is 48.2 Å². The number of thiophene rings is 1. The lowest BCUT2D eigenvalue weighted by Crippen LogP contribution is -2.46. The van der Waals surface area contributed by atoms with Crippen molar-refractivity contribution in [1.82, 2.24) is 14.9 Å². The quantitative estimate of drug-likeness (QED) is 0.621. The summed E-state index contributed by atoms with van der Waals surface area (Å²) in [5.74, 6) is 2.82. The van der Waals surface area contributed by atoms with Gasteiger partial charge in [-0.05, 0) is 44.5 Å². The van der Waals surface area contributed by atoms with Crippen molar-refractivity contribution in [3.05, 3.63) is 45.1 Å². The Morgan fingerprint density at radius 3 is 2.57 bits per heavy atom. The number of ether oxygens (including phenoxy) is 1. The van der Waals surface area contributed by atoms with Crippen LogP contribution in [-0.2, 0) is 6.54 Å². The molecule has 28 heavy (non-hydrogen) atoms. The molecule has 0 radical (unpaired) electrons. The molecule has 0 saturated carbocycles. The van der Waals surface area contributed by atoms with E-state index in [1.165, 1.54) is 15.8 Å². The van der Waals surface area contributed by atoms with Crippen LogP contribution in [0.1, 0.15) is 21.8 Å². The van der Waals surface area contributed by atoms with Crippen LogP contribution in [0.4, 0.5) is 5.82 Å². The van der Waals surface area contributed by atoms with Gasteiger partial charge in [-0.2, -0.15) is 0 Å². The summed E-state index contributed by atoms with van der Waals surface area (Å²) >= 11 is 7.95. The Balaban J connectivity index is 1.52. The summed E-state index contributed by atoms with van der Waals surface area (Å²) in [7, 11) is 1.71. The second-order valence-electron chi connectivity index (χ2n) is 7.28. The smallest absolute Gasteiger partial charge is 0.141 e. The van der Waals surface area contributed by atoms with Crippen molar-refractivity contribution >= 4 is 39.0 Å². The first kappa shape index (κ1) is 19.4. The van der Waals surface area contributed by atoms with Gasteiger partial charge in [0.2, 0.25) is 0 Å². The summed E-state index contributed by atoms with van der Waals surface area (Å²) in [5, 5.41) is 1.97. The largest absolute Gasteiger partial charge is 0.496 e. The van der Waals surface area contributed by atoms with Crippen molar-refractivity contribution < 1.29 is 4.74 Å². The highest BCUT2D eigenvalue weighted by Gasteiger charge is 2.23. The maximum Gasteiger partial charge on any atom is 0.141 e. The summed E-state index contributed by atoms with van der Waals surface area (Å²) < 4.78 is 5.50. The molecule has 1 aromatic carbocycles. The molecule has 3 aromatic rings. The number of anilines is 1. The van der Waals surface area contributed by atoms with Gasteiger partial charge in [-0.3, -0.25) is 4.90 Å². The molecule has 1 fully saturated rings. The third-order valence-electron chi connectivity index (χ3n) is 5.43. The molecule has 0 spiro atoms. The van der Waals surface area contributed by atoms with Crippen molar-refractivity contribution in [3.8, 4) is 5.75 Å². The van der Waals surface area contributed by atoms with Crippen molar-refractivity contribution in [1.29, 1.82) is 0 Å². The third kappa shape index (κ3) is 3.69. The van der Waals surface area contributed by atoms with Crippen LogP contribution in [0.2, 0.25) is 5.02 Å². The number of aromatic nitrogens is 2. The maximum absolute atomic E-state index is 6.19. The van der Waals surface area contributed by atoms with E-state index in [2.05, 4.69) is 28.6 Å². The lowest BCUT2D eigenvalue weighted by Gasteiger charge is -2.36. The molecule has 4 rings (SSSR count). The Kier molecular flexibility index (Phi) is 5.45. The van der Waals surface area contributed by atoms with Gasteiger partial charge in [0.1, 0.15) is 22.2 Å². The van der Waals surface area contributed by atoms with Gasteiger partial charge in [0.25, 0.3) is 0 Å². The van der Waals surface area contributed by atoms with Gasteiger partial charge in [-0.25, -0.2) is 9.97 Å². The van der Waals surface area contributed by atoms with E-state index in [1.807, 2.05) is 25.1 Å². The molecular formula is C21H25ClN4OS. The van der Waals surface area contributed by atoms with Crippen LogP contribution in [0.5, 0.6) is 5.75 Å². The van der Waals surface area contributed by atoms with Crippen molar-refractivity contribution in [2.45, 2.75) is 27.3 Å². The third-order valence-corrected chi connectivity index (χ3v) is 6.77. The zero-order chi connectivity index (χ0) is 19.8. The zero-order valence-corrected chi connectivity index (χ0v) is 18.3. The number of hydrogen-bond donors (Lipinski definition) is 0. The SMILES string of the molecule is COc1ccc(Cl)cc1CN1CCN(c2nc(C)nc3sc(C)c(C)c23)CC1. The maximum atomic E-state index is 6.19. The predicted molar refractivity (Wildman–Crippen MR) is 117 cm³/mol. The second-order valence-corrected chi connectivity index (χ2v) is 8.92. The van der Waals surface area contributed by atoms with Crippen LogP contribution >= 0.6 is 22.9 Å². The van der Waals surface area contributed by atoms with Gasteiger partial charge in [0.15, 0.2) is 0 Å². The van der Waals surface area contributed by atoms with E-state index in [1.54, 1.807) is 18.4 Å². The highest BCUT2D eigenvalue weighted by Crippen LogP contribution is 2.35. The number of hydrogen-bond acceptors (Lipinski definition) is 6. The molecule has 0 amide bonds. The van der Waals surface area contributed by atoms with Crippen molar-refractivity contribution in [3.63, 3.8) is 0 Å². The molecule has 5 nitrogen and oxygen atoms in total. The van der Waals surface area contributed by atoms with E-state index in [-0.39, 0.29) is 0 Å². The standard InChI is InChI=1S/C21H25ClN4OS/c1-13-14(2)28-21-19(13)20(23-15(3)24-21)26-9-7-25(8-10-26)12-16-11-17(22)5-6-18(16)27-4/h5-6,11H,7-10,12H2,1-4H3. The van der Waals surface area contributed by atoms with Gasteiger partial charge in [-0.15, -0.1) is 11.3 Å². The van der Waals surface area contributed by atoms with Crippen LogP contribution < -0.4 is 9.64 Å². The Hall–Kier alpha value is -1.89. The highest BCUT2D eigenvalue weighted by molar-refractivity contribution is 7.18. The lowest BCUT2D eigenvalue weighted by atomic mass is 10.1. The number of rotatable bonds is 4. The van der Waals surface area contributed by atoms with Crippen LogP contribution in [0.15, 0.2) is 18.2 Å². The molecule has 1 aliphatic rings. The molecule has 2 aromatic heterocycles. The van der Waals surface area contributed by atoms with E-state index in [0.717, 1.165) is 65.5 Å². The van der Waals surface area contributed by atoms with Gasteiger partial charge >= 0.3 is 0 Å². The zero-order valence-electron chi connectivity index (χ0n) is 16.8. The molecule has 0 unspecified atom stereocenters. The number of piperazine rings is 1. The van der Waals surface area contributed by atoms with Gasteiger partial charge in [0.05, 0.1) is 12.5 Å². The first-order valence-electron chi connectivity index (χ1n) is 9.50. The summed E-state index contributed by atoms with van der Waals surface area (Å²) in [6.07, 6.45) is 0. The van der Waals surface area contributed by atoms with E-state index in [9.17, 15) is 0 Å². The van der Waals surface area contributed by atoms with Crippen LogP contribution in [0, 0.1) is 20.8 Å². The first-order chi connectivity index (χ1) is 13.5. The molecule has 1 aliphatic heterocycles. The second kappa shape index (κ2) is 7.85. The van der Waals surface area contributed by atoms with Crippen molar-refractivity contribution in [2.24, 2.45) is 0 Å². The monoisotopic (exact) mass is 416 g/mol. The number of fused-ring (bicyclic) bond motifs is 1. The van der Waals surface area contributed by atoms with Crippen molar-refractivity contribution in [2.75, 3.05) is 38.2 Å². The van der Waals surface area contributed by atoms with Crippen LogP contribution in [0.3, 0.4) is 0 Å². The lowest BCUT2D eigenvalue weighted by molar-refractivity contribution is 0.245. The van der Waals surface area contributed by atoms with E-state index in [0.29, 0.717) is 0 Å². The Bertz CT molecular complexity index is 1010. The van der Waals surface area contributed by atoms with Gasteiger partial charge in [-0.1, -0.05) is 11.6 Å². The first-order valence-corrected chi connectivity index (χ1v) is 10.7. The molecule has 0 bridgehead atoms. The molecular weight excluding hydrogens is 392 g/mol. The number of halogens is 1. The Labute approximate surface area is 174 Å². The summed E-state index contributed by atoms with van der Waals surface area (Å²) in [5.41, 5.74) is 2.44. The minimum atomic E-state index is 0.747. The normalized spacial score (nSPS) is 15.4. The average Bonchev–Trinajstić information content (AvgIpc) is 2.95. The van der Waals surface area contributed by atoms with Crippen LogP contribution in [-0.4, -0.2) is 48.2 Å². The minimum Gasteiger partial charge on any atom is -0.496 e. The topological polar surface area (TPSA) is 41.5 Å². The average molecular weight is 417 g/mol. The Morgan fingerprint density at radius 2 is 1.86 bits per heavy atom. The molecule has 148 valence electrons. The fourth-order valence-electron chi connectivity index (χ4n) is 3.79. The molecule has 0 aliphatic carbocycles. The number of methoxy groups -OCH3 is 1. The molecule has 3 heterocycles. The fraction of sp³-hybridized carbons (Fsp3) is 0.429. The molecule has 0 atom stereocenters. The van der Waals surface area contributed by atoms with Gasteiger partial charge < -0.3 is 9.64 Å². The van der Waals surface area contributed by atoms with Crippen LogP contribution in [0.25, 0.3) is 10.2 Å². The summed E-state index contributed by atoms with van der Waals surface area (Å²) in [6.45, 7) is 11.0.